The minimum absolute atomic E-state index is 0.0206. The van der Waals surface area contributed by atoms with Gasteiger partial charge >= 0.3 is 30.6 Å². The maximum atomic E-state index is 15.4. The van der Waals surface area contributed by atoms with E-state index in [0.29, 0.717) is 29.2 Å². The Morgan fingerprint density at radius 2 is 1.28 bits per heavy atom. The molecule has 4 aromatic carbocycles. The number of carbonyl (C=O) groups excluding carboxylic acids is 1. The molecule has 0 aromatic heterocycles. The molecule has 0 saturated heterocycles. The highest BCUT2D eigenvalue weighted by atomic mass is 35.5. The van der Waals surface area contributed by atoms with Crippen LogP contribution in [-0.4, -0.2) is 36.3 Å². The molecule has 50 heavy (non-hydrogen) atoms. The van der Waals surface area contributed by atoms with Crippen LogP contribution in [-0.2, 0) is 36.4 Å². The second kappa shape index (κ2) is 14.1. The Balaban J connectivity index is 1.91. The Morgan fingerprint density at radius 1 is 0.700 bits per heavy atom. The molecule has 0 spiro atoms. The molecule has 0 fully saturated rings. The van der Waals surface area contributed by atoms with Crippen molar-refractivity contribution in [3.05, 3.63) is 111 Å². The van der Waals surface area contributed by atoms with Gasteiger partial charge in [-0.1, -0.05) is 23.7 Å². The third kappa shape index (κ3) is 8.41. The van der Waals surface area contributed by atoms with Gasteiger partial charge in [-0.3, -0.25) is 4.90 Å². The molecule has 0 bridgehead atoms. The Bertz CT molecular complexity index is 1910. The number of alkyl halides is 9. The minimum Gasteiger partial charge on any atom is -0.496 e. The topological polar surface area (TPSA) is 76.1 Å². The van der Waals surface area contributed by atoms with Gasteiger partial charge in [-0.05, 0) is 65.2 Å². The third-order valence-corrected chi connectivity index (χ3v) is 7.65. The van der Waals surface area contributed by atoms with Crippen molar-refractivity contribution in [1.82, 2.24) is 4.90 Å². The summed E-state index contributed by atoms with van der Waals surface area (Å²) in [6.07, 6.45) is -16.7. The van der Waals surface area contributed by atoms with Gasteiger partial charge in [0.1, 0.15) is 11.6 Å². The van der Waals surface area contributed by atoms with E-state index in [-0.39, 0.29) is 50.2 Å². The first-order valence-corrected chi connectivity index (χ1v) is 14.2. The fourth-order valence-electron chi connectivity index (χ4n) is 5.02. The smallest absolute Gasteiger partial charge is 0.416 e. The zero-order valence-corrected chi connectivity index (χ0v) is 26.2. The normalized spacial score (nSPS) is 12.1. The summed E-state index contributed by atoms with van der Waals surface area (Å²) >= 11 is 6.24. The molecule has 0 unspecified atom stereocenters. The summed E-state index contributed by atoms with van der Waals surface area (Å²) in [6, 6.07) is 8.14. The van der Waals surface area contributed by atoms with Crippen molar-refractivity contribution in [2.75, 3.05) is 14.2 Å². The number of carbonyl (C=O) groups is 2. The average molecular weight is 738 g/mol. The van der Waals surface area contributed by atoms with Crippen molar-refractivity contribution in [2.45, 2.75) is 31.6 Å². The standard InChI is InChI=1S/C33H22ClF10NO5/c1-49-28-13-27(35)24(23-5-3-17(29(46)47)10-26(23)34)12-25(28)22-6-4-19(31(36,37)38)9-18(22)15-45(30(48)50-2)14-16-7-20(32(39,40)41)11-21(8-16)33(42,43)44/h3-13H,14-15H2,1-2H3,(H,46,47). The monoisotopic (exact) mass is 737 g/mol. The van der Waals surface area contributed by atoms with Gasteiger partial charge in [-0.2, -0.15) is 39.5 Å². The van der Waals surface area contributed by atoms with Crippen molar-refractivity contribution in [1.29, 1.82) is 0 Å². The van der Waals surface area contributed by atoms with Gasteiger partial charge in [0.25, 0.3) is 0 Å². The number of benzene rings is 4. The van der Waals surface area contributed by atoms with Crippen LogP contribution in [0.25, 0.3) is 22.3 Å². The first-order chi connectivity index (χ1) is 23.1. The van der Waals surface area contributed by atoms with Gasteiger partial charge in [-0.15, -0.1) is 0 Å². The number of carboxylic acids is 1. The zero-order chi connectivity index (χ0) is 37.3. The third-order valence-electron chi connectivity index (χ3n) is 7.33. The van der Waals surface area contributed by atoms with Gasteiger partial charge in [0.2, 0.25) is 0 Å². The molecule has 266 valence electrons. The highest BCUT2D eigenvalue weighted by Crippen LogP contribution is 2.42. The number of carboxylic acid groups (broad SMARTS) is 1. The second-order valence-electron chi connectivity index (χ2n) is 10.6. The number of amides is 1. The molecule has 1 N–H and O–H groups in total. The molecule has 0 atom stereocenters. The fraction of sp³-hybridized carbons (Fsp3) is 0.212. The molecule has 0 saturated carbocycles. The molecule has 17 heteroatoms. The SMILES string of the molecule is COC(=O)N(Cc1cc(C(F)(F)F)cc(C(F)(F)F)c1)Cc1cc(C(F)(F)F)ccc1-c1cc(-c2ccc(C(=O)O)cc2Cl)c(F)cc1OC. The predicted octanol–water partition coefficient (Wildman–Crippen LogP) is 10.3. The van der Waals surface area contributed by atoms with Crippen LogP contribution in [0.2, 0.25) is 5.02 Å². The molecule has 0 radical (unpaired) electrons. The van der Waals surface area contributed by atoms with Crippen molar-refractivity contribution in [3.63, 3.8) is 0 Å². The van der Waals surface area contributed by atoms with Gasteiger partial charge in [0.15, 0.2) is 0 Å². The van der Waals surface area contributed by atoms with E-state index < -0.39 is 71.8 Å². The number of aromatic carboxylic acids is 1. The van der Waals surface area contributed by atoms with Crippen LogP contribution in [0.4, 0.5) is 48.7 Å². The van der Waals surface area contributed by atoms with E-state index in [2.05, 4.69) is 4.74 Å². The van der Waals surface area contributed by atoms with E-state index in [9.17, 15) is 54.2 Å². The molecule has 0 heterocycles. The number of methoxy groups -OCH3 is 2. The highest BCUT2D eigenvalue weighted by molar-refractivity contribution is 6.33. The maximum Gasteiger partial charge on any atom is 0.416 e. The molecule has 0 aliphatic carbocycles. The van der Waals surface area contributed by atoms with Crippen LogP contribution >= 0.6 is 11.6 Å². The summed E-state index contributed by atoms with van der Waals surface area (Å²) in [5, 5.41) is 9.05. The lowest BCUT2D eigenvalue weighted by Gasteiger charge is -2.25. The summed E-state index contributed by atoms with van der Waals surface area (Å²) in [5.74, 6) is -2.51. The van der Waals surface area contributed by atoms with Gasteiger partial charge in [0, 0.05) is 40.9 Å². The lowest BCUT2D eigenvalue weighted by Crippen LogP contribution is -2.30. The van der Waals surface area contributed by atoms with E-state index in [1.807, 2.05) is 0 Å². The molecule has 0 aliphatic heterocycles. The number of nitrogens with zero attached hydrogens (tertiary/aromatic N) is 1. The zero-order valence-electron chi connectivity index (χ0n) is 25.5. The van der Waals surface area contributed by atoms with Crippen LogP contribution in [0.15, 0.2) is 66.7 Å². The van der Waals surface area contributed by atoms with Crippen LogP contribution in [0.5, 0.6) is 5.75 Å². The van der Waals surface area contributed by atoms with E-state index in [1.165, 1.54) is 6.07 Å². The number of hydrogen-bond acceptors (Lipinski definition) is 4. The fourth-order valence-corrected chi connectivity index (χ4v) is 5.30. The van der Waals surface area contributed by atoms with Gasteiger partial charge in [-0.25, -0.2) is 14.0 Å². The van der Waals surface area contributed by atoms with Crippen molar-refractivity contribution >= 4 is 23.7 Å². The Kier molecular flexibility index (Phi) is 10.7. The van der Waals surface area contributed by atoms with E-state index in [1.54, 1.807) is 0 Å². The number of ether oxygens (including phenoxy) is 2. The minimum atomic E-state index is -5.23. The molecular weight excluding hydrogens is 716 g/mol. The summed E-state index contributed by atoms with van der Waals surface area (Å²) in [6.45, 7) is -1.85. The summed E-state index contributed by atoms with van der Waals surface area (Å²) in [7, 11) is 1.95. The summed E-state index contributed by atoms with van der Waals surface area (Å²) in [5.41, 5.74) is -6.34. The Morgan fingerprint density at radius 3 is 1.78 bits per heavy atom. The largest absolute Gasteiger partial charge is 0.496 e. The predicted molar refractivity (Wildman–Crippen MR) is 159 cm³/mol. The Hall–Kier alpha value is -4.99. The van der Waals surface area contributed by atoms with Crippen LogP contribution in [0, 0.1) is 5.82 Å². The summed E-state index contributed by atoms with van der Waals surface area (Å²) < 4.78 is 148. The number of halogens is 11. The first-order valence-electron chi connectivity index (χ1n) is 13.9. The van der Waals surface area contributed by atoms with Crippen molar-refractivity contribution in [2.24, 2.45) is 0 Å². The molecule has 4 rings (SSSR count). The number of hydrogen-bond donors (Lipinski definition) is 1. The Labute approximate surface area is 281 Å². The molecular formula is C33H22ClF10NO5. The van der Waals surface area contributed by atoms with Crippen molar-refractivity contribution < 1.29 is 68.1 Å². The maximum absolute atomic E-state index is 15.4. The van der Waals surface area contributed by atoms with E-state index in [4.69, 9.17) is 16.3 Å². The van der Waals surface area contributed by atoms with Gasteiger partial charge < -0.3 is 14.6 Å². The van der Waals surface area contributed by atoms with E-state index >= 15 is 4.39 Å². The quantitative estimate of drug-likeness (QED) is 0.182. The molecule has 1 amide bonds. The average Bonchev–Trinajstić information content (AvgIpc) is 3.02. The van der Waals surface area contributed by atoms with Crippen molar-refractivity contribution in [3.8, 4) is 28.0 Å². The molecule has 0 aliphatic rings. The summed E-state index contributed by atoms with van der Waals surface area (Å²) in [4.78, 5) is 24.8. The van der Waals surface area contributed by atoms with Crippen LogP contribution in [0.3, 0.4) is 0 Å². The highest BCUT2D eigenvalue weighted by Gasteiger charge is 2.37. The van der Waals surface area contributed by atoms with Crippen LogP contribution in [0.1, 0.15) is 38.2 Å². The van der Waals surface area contributed by atoms with Crippen LogP contribution < -0.4 is 4.74 Å². The molecule has 6 nitrogen and oxygen atoms in total. The lowest BCUT2D eigenvalue weighted by molar-refractivity contribution is -0.143. The first kappa shape index (κ1) is 37.8. The number of rotatable bonds is 8. The second-order valence-corrected chi connectivity index (χ2v) is 11.0. The van der Waals surface area contributed by atoms with Gasteiger partial charge in [0.05, 0.1) is 36.5 Å². The lowest BCUT2D eigenvalue weighted by atomic mass is 9.92. The van der Waals surface area contributed by atoms with E-state index in [0.717, 1.165) is 44.6 Å². The molecule has 4 aromatic rings.